The summed E-state index contributed by atoms with van der Waals surface area (Å²) < 4.78 is 0. The Labute approximate surface area is 184 Å². The lowest BCUT2D eigenvalue weighted by Crippen LogP contribution is -2.14. The van der Waals surface area contributed by atoms with Crippen LogP contribution in [0.1, 0.15) is 17.0 Å². The Morgan fingerprint density at radius 3 is 2.68 bits per heavy atom. The van der Waals surface area contributed by atoms with Gasteiger partial charge >= 0.3 is 0 Å². The summed E-state index contributed by atoms with van der Waals surface area (Å²) >= 11 is 12.0. The van der Waals surface area contributed by atoms with E-state index in [1.54, 1.807) is 55.7 Å². The van der Waals surface area contributed by atoms with Crippen molar-refractivity contribution < 1.29 is 4.92 Å². The Bertz CT molecular complexity index is 1400. The van der Waals surface area contributed by atoms with E-state index in [1.165, 1.54) is 0 Å². The van der Waals surface area contributed by atoms with Crippen LogP contribution in [-0.2, 0) is 0 Å². The highest BCUT2D eigenvalue weighted by molar-refractivity contribution is 6.42. The molecule has 0 radical (unpaired) electrons. The van der Waals surface area contributed by atoms with E-state index in [2.05, 4.69) is 25.3 Å². The van der Waals surface area contributed by atoms with Gasteiger partial charge in [-0.1, -0.05) is 23.2 Å². The third-order valence-electron chi connectivity index (χ3n) is 4.48. The number of H-pyrrole nitrogens is 2. The zero-order valence-corrected chi connectivity index (χ0v) is 17.5. The summed E-state index contributed by atoms with van der Waals surface area (Å²) in [7, 11) is 0. The lowest BCUT2D eigenvalue weighted by atomic mass is 10.0. The van der Waals surface area contributed by atoms with E-state index < -0.39 is 10.5 Å². The van der Waals surface area contributed by atoms with Crippen molar-refractivity contribution in [3.63, 3.8) is 0 Å². The molecule has 0 aliphatic carbocycles. The zero-order chi connectivity index (χ0) is 22.1. The Balaban J connectivity index is 1.90. The van der Waals surface area contributed by atoms with E-state index in [-0.39, 0.29) is 22.5 Å². The van der Waals surface area contributed by atoms with Gasteiger partial charge in [0.25, 0.3) is 11.2 Å². The molecule has 0 fully saturated rings. The van der Waals surface area contributed by atoms with Crippen LogP contribution in [0.3, 0.4) is 0 Å². The molecule has 2 aromatic carbocycles. The molecule has 0 atom stereocenters. The predicted octanol–water partition coefficient (Wildman–Crippen LogP) is 5.08. The number of aryl methyl sites for hydroxylation is 1. The van der Waals surface area contributed by atoms with Crippen molar-refractivity contribution in [1.82, 2.24) is 19.9 Å². The van der Waals surface area contributed by atoms with E-state index in [0.717, 1.165) is 0 Å². The molecule has 0 aliphatic heterocycles. The largest absolute Gasteiger partial charge is 0.345 e. The minimum atomic E-state index is -0.643. The number of nitrogens with zero attached hydrogens (tertiary/aromatic N) is 3. The molecule has 4 aromatic rings. The van der Waals surface area contributed by atoms with Crippen molar-refractivity contribution in [3.8, 4) is 0 Å². The highest BCUT2D eigenvalue weighted by Crippen LogP contribution is 2.31. The molecule has 0 unspecified atom stereocenters. The number of halogens is 2. The number of aromatic amines is 2. The number of aromatic nitrogens is 4. The van der Waals surface area contributed by atoms with E-state index in [9.17, 15) is 14.9 Å². The van der Waals surface area contributed by atoms with Crippen LogP contribution in [0.15, 0.2) is 41.5 Å². The monoisotopic (exact) mass is 456 g/mol. The van der Waals surface area contributed by atoms with Crippen LogP contribution in [-0.4, -0.2) is 24.9 Å². The number of imidazole rings is 1. The molecule has 4 rings (SSSR count). The molecule has 0 aliphatic rings. The molecular formula is C20H14Cl2N6O3. The van der Waals surface area contributed by atoms with E-state index in [1.807, 2.05) is 0 Å². The SMILES string of the molecule is Cc1cc(C=Cc2ncc[nH]2)c2nc(Nc3ccc(Cl)c(Cl)c3)[nH]c(=O)c2c1[N+](=O)[O-]. The van der Waals surface area contributed by atoms with Gasteiger partial charge in [-0.2, -0.15) is 0 Å². The van der Waals surface area contributed by atoms with Gasteiger partial charge < -0.3 is 10.3 Å². The molecule has 2 aromatic heterocycles. The average Bonchev–Trinajstić information content (AvgIpc) is 3.23. The predicted molar refractivity (Wildman–Crippen MR) is 121 cm³/mol. The summed E-state index contributed by atoms with van der Waals surface area (Å²) in [4.78, 5) is 37.9. The number of nitro benzene ring substituents is 1. The number of nitrogens with one attached hydrogen (secondary N) is 3. The third kappa shape index (κ3) is 4.14. The van der Waals surface area contributed by atoms with Crippen LogP contribution in [0.5, 0.6) is 0 Å². The van der Waals surface area contributed by atoms with Crippen molar-refractivity contribution in [3.05, 3.63) is 84.1 Å². The van der Waals surface area contributed by atoms with E-state index in [4.69, 9.17) is 23.2 Å². The second-order valence-electron chi connectivity index (χ2n) is 6.59. The lowest BCUT2D eigenvalue weighted by molar-refractivity contribution is -0.383. The van der Waals surface area contributed by atoms with Crippen LogP contribution >= 0.6 is 23.2 Å². The molecular weight excluding hydrogens is 443 g/mol. The number of nitro groups is 1. The fourth-order valence-electron chi connectivity index (χ4n) is 3.14. The summed E-state index contributed by atoms with van der Waals surface area (Å²) in [5, 5.41) is 15.2. The zero-order valence-electron chi connectivity index (χ0n) is 15.9. The molecule has 9 nitrogen and oxygen atoms in total. The molecule has 0 saturated carbocycles. The molecule has 156 valence electrons. The summed E-state index contributed by atoms with van der Waals surface area (Å²) in [5.74, 6) is 0.685. The number of rotatable bonds is 5. The van der Waals surface area contributed by atoms with Crippen LogP contribution in [0, 0.1) is 17.0 Å². The van der Waals surface area contributed by atoms with Gasteiger partial charge in [0.05, 0.1) is 20.5 Å². The fraction of sp³-hybridized carbons (Fsp3) is 0.0500. The fourth-order valence-corrected chi connectivity index (χ4v) is 3.44. The first-order valence-corrected chi connectivity index (χ1v) is 9.70. The summed E-state index contributed by atoms with van der Waals surface area (Å²) in [6.45, 7) is 1.57. The van der Waals surface area contributed by atoms with Crippen molar-refractivity contribution >= 4 is 63.6 Å². The van der Waals surface area contributed by atoms with Crippen LogP contribution in [0.4, 0.5) is 17.3 Å². The van der Waals surface area contributed by atoms with Crippen LogP contribution in [0.25, 0.3) is 23.1 Å². The summed E-state index contributed by atoms with van der Waals surface area (Å²) in [5.41, 5.74) is 0.639. The molecule has 31 heavy (non-hydrogen) atoms. The van der Waals surface area contributed by atoms with Crippen molar-refractivity contribution in [1.29, 1.82) is 0 Å². The van der Waals surface area contributed by atoms with Gasteiger partial charge in [0.15, 0.2) is 0 Å². The highest BCUT2D eigenvalue weighted by Gasteiger charge is 2.23. The van der Waals surface area contributed by atoms with Gasteiger partial charge in [-0.25, -0.2) is 9.97 Å². The first kappa shape index (κ1) is 20.6. The maximum absolute atomic E-state index is 12.8. The molecule has 2 heterocycles. The molecule has 11 heteroatoms. The van der Waals surface area contributed by atoms with Crippen molar-refractivity contribution in [2.24, 2.45) is 0 Å². The van der Waals surface area contributed by atoms with Gasteiger partial charge in [-0.3, -0.25) is 19.9 Å². The molecule has 0 bridgehead atoms. The topological polar surface area (TPSA) is 130 Å². The average molecular weight is 457 g/mol. The minimum absolute atomic E-state index is 0.0988. The van der Waals surface area contributed by atoms with Gasteiger partial charge in [0.2, 0.25) is 5.95 Å². The number of fused-ring (bicyclic) bond motifs is 1. The Hall–Kier alpha value is -3.69. The smallest absolute Gasteiger partial charge is 0.287 e. The normalized spacial score (nSPS) is 11.3. The second kappa shape index (κ2) is 8.21. The number of hydrogen-bond acceptors (Lipinski definition) is 6. The van der Waals surface area contributed by atoms with Gasteiger partial charge in [0.1, 0.15) is 11.2 Å². The quantitative estimate of drug-likeness (QED) is 0.283. The van der Waals surface area contributed by atoms with Crippen molar-refractivity contribution in [2.45, 2.75) is 6.92 Å². The molecule has 0 saturated heterocycles. The van der Waals surface area contributed by atoms with Crippen LogP contribution in [0.2, 0.25) is 10.0 Å². The maximum atomic E-state index is 12.8. The summed E-state index contributed by atoms with van der Waals surface area (Å²) in [6, 6.07) is 6.43. The lowest BCUT2D eigenvalue weighted by Gasteiger charge is -2.10. The first-order chi connectivity index (χ1) is 14.8. The van der Waals surface area contributed by atoms with Crippen molar-refractivity contribution in [2.75, 3.05) is 5.32 Å². The Kier molecular flexibility index (Phi) is 5.45. The third-order valence-corrected chi connectivity index (χ3v) is 5.22. The van der Waals surface area contributed by atoms with Gasteiger partial charge in [-0.15, -0.1) is 0 Å². The molecule has 0 amide bonds. The van der Waals surface area contributed by atoms with Crippen LogP contribution < -0.4 is 10.9 Å². The molecule has 0 spiro atoms. The minimum Gasteiger partial charge on any atom is -0.345 e. The Morgan fingerprint density at radius 1 is 1.19 bits per heavy atom. The highest BCUT2D eigenvalue weighted by atomic mass is 35.5. The van der Waals surface area contributed by atoms with E-state index >= 15 is 0 Å². The van der Waals surface area contributed by atoms with Gasteiger partial charge in [0, 0.05) is 29.2 Å². The van der Waals surface area contributed by atoms with Gasteiger partial charge in [-0.05, 0) is 43.3 Å². The number of anilines is 2. The summed E-state index contributed by atoms with van der Waals surface area (Å²) in [6.07, 6.45) is 6.64. The maximum Gasteiger partial charge on any atom is 0.287 e. The first-order valence-electron chi connectivity index (χ1n) is 8.95. The van der Waals surface area contributed by atoms with E-state index in [0.29, 0.717) is 32.7 Å². The Morgan fingerprint density at radius 2 is 2.00 bits per heavy atom. The standard InChI is InChI=1S/C20H14Cl2N6O3/c1-10-8-11(2-5-15-23-6-7-24-15)17-16(18(10)28(30)31)19(29)27-20(26-17)25-12-3-4-13(21)14(22)9-12/h2-9H,1H3,(H,23,24)(H2,25,26,27,29). The number of benzene rings is 2. The molecule has 3 N–H and O–H groups in total. The second-order valence-corrected chi connectivity index (χ2v) is 7.40. The number of hydrogen-bond donors (Lipinski definition) is 3.